The molecule has 2 heterocycles. The van der Waals surface area contributed by atoms with Crippen LogP contribution < -0.4 is 5.32 Å². The van der Waals surface area contributed by atoms with Crippen molar-refractivity contribution in [3.05, 3.63) is 22.4 Å². The van der Waals surface area contributed by atoms with E-state index < -0.39 is 0 Å². The van der Waals surface area contributed by atoms with Crippen molar-refractivity contribution in [2.24, 2.45) is 11.8 Å². The zero-order valence-electron chi connectivity index (χ0n) is 15.1. The van der Waals surface area contributed by atoms with Crippen LogP contribution >= 0.6 is 11.3 Å². The lowest BCUT2D eigenvalue weighted by molar-refractivity contribution is -0.138. The molecular formula is C18H29N3O2S. The number of amides is 2. The third kappa shape index (κ3) is 4.80. The highest BCUT2D eigenvalue weighted by atomic mass is 32.1. The van der Waals surface area contributed by atoms with Gasteiger partial charge in [0.1, 0.15) is 0 Å². The lowest BCUT2D eigenvalue weighted by Crippen LogP contribution is -2.47. The summed E-state index contributed by atoms with van der Waals surface area (Å²) in [5.41, 5.74) is 0. The fourth-order valence-electron chi connectivity index (χ4n) is 3.12. The standard InChI is InChI=1S/C18H29N3O2S/c1-13(2)18(23)21-9-5-7-14(12-21)17(22)19-11-15(20(3)4)16-8-6-10-24-16/h6,8,10,13-15H,5,7,9,11-12H2,1-4H3,(H,19,22)/t14-,15-/m0/s1. The Morgan fingerprint density at radius 3 is 2.75 bits per heavy atom. The van der Waals surface area contributed by atoms with Crippen LogP contribution in [0.4, 0.5) is 0 Å². The van der Waals surface area contributed by atoms with Crippen LogP contribution in [-0.4, -0.2) is 55.3 Å². The SMILES string of the molecule is CC(C)C(=O)N1CCC[C@H](C(=O)NC[C@@H](c2cccs2)N(C)C)C1. The highest BCUT2D eigenvalue weighted by molar-refractivity contribution is 7.10. The number of hydrogen-bond donors (Lipinski definition) is 1. The number of nitrogens with one attached hydrogen (secondary N) is 1. The Balaban J connectivity index is 1.90. The molecular weight excluding hydrogens is 322 g/mol. The Morgan fingerprint density at radius 1 is 1.42 bits per heavy atom. The summed E-state index contributed by atoms with van der Waals surface area (Å²) in [6.45, 7) is 5.75. The van der Waals surface area contributed by atoms with Crippen LogP contribution in [0.5, 0.6) is 0 Å². The Bertz CT molecular complexity index is 542. The summed E-state index contributed by atoms with van der Waals surface area (Å²) in [6, 6.07) is 4.32. The van der Waals surface area contributed by atoms with E-state index in [2.05, 4.69) is 21.7 Å². The van der Waals surface area contributed by atoms with Gasteiger partial charge in [-0.3, -0.25) is 9.59 Å². The second-order valence-corrected chi connectivity index (χ2v) is 8.00. The number of likely N-dealkylation sites (N-methyl/N-ethyl adjacent to an activating group) is 1. The highest BCUT2D eigenvalue weighted by Gasteiger charge is 2.29. The second kappa shape index (κ2) is 8.62. The molecule has 0 unspecified atom stereocenters. The van der Waals surface area contributed by atoms with Gasteiger partial charge in [-0.25, -0.2) is 0 Å². The maximum atomic E-state index is 12.6. The molecule has 6 heteroatoms. The first-order chi connectivity index (χ1) is 11.4. The summed E-state index contributed by atoms with van der Waals surface area (Å²) in [6.07, 6.45) is 1.76. The van der Waals surface area contributed by atoms with E-state index in [1.165, 1.54) is 4.88 Å². The fourth-order valence-corrected chi connectivity index (χ4v) is 4.04. The maximum absolute atomic E-state index is 12.6. The minimum atomic E-state index is -0.0902. The maximum Gasteiger partial charge on any atom is 0.225 e. The number of thiophene rings is 1. The normalized spacial score (nSPS) is 19.6. The number of hydrogen-bond acceptors (Lipinski definition) is 4. The Hall–Kier alpha value is -1.40. The van der Waals surface area contributed by atoms with Crippen molar-refractivity contribution in [3.8, 4) is 0 Å². The van der Waals surface area contributed by atoms with Crippen LogP contribution in [0.15, 0.2) is 17.5 Å². The fraction of sp³-hybridized carbons (Fsp3) is 0.667. The zero-order valence-corrected chi connectivity index (χ0v) is 15.9. The molecule has 1 aromatic heterocycles. The number of rotatable bonds is 6. The van der Waals surface area contributed by atoms with Crippen LogP contribution in [-0.2, 0) is 9.59 Å². The number of likely N-dealkylation sites (tertiary alicyclic amines) is 1. The van der Waals surface area contributed by atoms with Gasteiger partial charge >= 0.3 is 0 Å². The highest BCUT2D eigenvalue weighted by Crippen LogP contribution is 2.23. The van der Waals surface area contributed by atoms with E-state index in [9.17, 15) is 9.59 Å². The van der Waals surface area contributed by atoms with Crippen LogP contribution in [0.3, 0.4) is 0 Å². The molecule has 1 N–H and O–H groups in total. The number of piperidine rings is 1. The van der Waals surface area contributed by atoms with Gasteiger partial charge in [-0.15, -0.1) is 11.3 Å². The molecule has 24 heavy (non-hydrogen) atoms. The van der Waals surface area contributed by atoms with Gasteiger partial charge in [-0.05, 0) is 38.4 Å². The molecule has 0 aliphatic carbocycles. The minimum Gasteiger partial charge on any atom is -0.354 e. The summed E-state index contributed by atoms with van der Waals surface area (Å²) in [4.78, 5) is 30.0. The van der Waals surface area contributed by atoms with Gasteiger partial charge in [0.25, 0.3) is 0 Å². The van der Waals surface area contributed by atoms with Gasteiger partial charge < -0.3 is 15.1 Å². The Kier molecular flexibility index (Phi) is 6.80. The topological polar surface area (TPSA) is 52.7 Å². The lowest BCUT2D eigenvalue weighted by atomic mass is 9.96. The molecule has 0 radical (unpaired) electrons. The molecule has 2 amide bonds. The number of carbonyl (C=O) groups is 2. The quantitative estimate of drug-likeness (QED) is 0.856. The first-order valence-corrected chi connectivity index (χ1v) is 9.54. The first-order valence-electron chi connectivity index (χ1n) is 8.66. The monoisotopic (exact) mass is 351 g/mol. The first kappa shape index (κ1) is 18.9. The summed E-state index contributed by atoms with van der Waals surface area (Å²) in [5, 5.41) is 5.16. The van der Waals surface area contributed by atoms with E-state index in [0.717, 1.165) is 19.4 Å². The molecule has 1 aliphatic heterocycles. The number of nitrogens with zero attached hydrogens (tertiary/aromatic N) is 2. The van der Waals surface area contributed by atoms with Crippen molar-refractivity contribution in [2.75, 3.05) is 33.7 Å². The molecule has 2 atom stereocenters. The van der Waals surface area contributed by atoms with E-state index in [1.54, 1.807) is 11.3 Å². The van der Waals surface area contributed by atoms with Gasteiger partial charge in [0.05, 0.1) is 12.0 Å². The van der Waals surface area contributed by atoms with E-state index in [1.807, 2.05) is 38.9 Å². The van der Waals surface area contributed by atoms with Crippen molar-refractivity contribution in [1.29, 1.82) is 0 Å². The van der Waals surface area contributed by atoms with Crippen molar-refractivity contribution in [3.63, 3.8) is 0 Å². The van der Waals surface area contributed by atoms with E-state index in [4.69, 9.17) is 0 Å². The summed E-state index contributed by atoms with van der Waals surface area (Å²) < 4.78 is 0. The van der Waals surface area contributed by atoms with Crippen molar-refractivity contribution in [1.82, 2.24) is 15.1 Å². The third-order valence-corrected chi connectivity index (χ3v) is 5.54. The molecule has 2 rings (SSSR count). The molecule has 0 bridgehead atoms. The molecule has 134 valence electrons. The third-order valence-electron chi connectivity index (χ3n) is 4.56. The van der Waals surface area contributed by atoms with Crippen LogP contribution in [0.25, 0.3) is 0 Å². The van der Waals surface area contributed by atoms with Gasteiger partial charge in [0.15, 0.2) is 0 Å². The smallest absolute Gasteiger partial charge is 0.225 e. The molecule has 1 aromatic rings. The lowest BCUT2D eigenvalue weighted by Gasteiger charge is -2.33. The van der Waals surface area contributed by atoms with Crippen molar-refractivity contribution >= 4 is 23.2 Å². The summed E-state index contributed by atoms with van der Waals surface area (Å²) in [5.74, 6) is 0.119. The van der Waals surface area contributed by atoms with Crippen molar-refractivity contribution in [2.45, 2.75) is 32.7 Å². The molecule has 0 aromatic carbocycles. The predicted octanol–water partition coefficient (Wildman–Crippen LogP) is 2.36. The van der Waals surface area contributed by atoms with Crippen LogP contribution in [0.1, 0.15) is 37.6 Å². The van der Waals surface area contributed by atoms with E-state index >= 15 is 0 Å². The van der Waals surface area contributed by atoms with Gasteiger partial charge in [-0.2, -0.15) is 0 Å². The van der Waals surface area contributed by atoms with E-state index in [-0.39, 0.29) is 29.7 Å². The Labute approximate surface area is 149 Å². The largest absolute Gasteiger partial charge is 0.354 e. The molecule has 1 aliphatic rings. The Morgan fingerprint density at radius 2 is 2.17 bits per heavy atom. The van der Waals surface area contributed by atoms with Crippen molar-refractivity contribution < 1.29 is 9.59 Å². The molecule has 0 spiro atoms. The number of carbonyl (C=O) groups excluding carboxylic acids is 2. The van der Waals surface area contributed by atoms with Gasteiger partial charge in [0.2, 0.25) is 11.8 Å². The molecule has 5 nitrogen and oxygen atoms in total. The average molecular weight is 352 g/mol. The van der Waals surface area contributed by atoms with Gasteiger partial charge in [0, 0.05) is 30.4 Å². The van der Waals surface area contributed by atoms with Gasteiger partial charge in [-0.1, -0.05) is 19.9 Å². The second-order valence-electron chi connectivity index (χ2n) is 7.02. The average Bonchev–Trinajstić information content (AvgIpc) is 3.08. The summed E-state index contributed by atoms with van der Waals surface area (Å²) in [7, 11) is 4.06. The minimum absolute atomic E-state index is 0.0104. The zero-order chi connectivity index (χ0) is 17.7. The molecule has 0 saturated carbocycles. The van der Waals surface area contributed by atoms with Crippen LogP contribution in [0.2, 0.25) is 0 Å². The molecule has 1 fully saturated rings. The predicted molar refractivity (Wildman–Crippen MR) is 97.9 cm³/mol. The summed E-state index contributed by atoms with van der Waals surface area (Å²) >= 11 is 1.71. The van der Waals surface area contributed by atoms with E-state index in [0.29, 0.717) is 13.1 Å². The molecule has 1 saturated heterocycles. The van der Waals surface area contributed by atoms with Crippen LogP contribution in [0, 0.1) is 11.8 Å².